The Hall–Kier alpha value is -1.06. The first-order valence-corrected chi connectivity index (χ1v) is 9.77. The minimum Gasteiger partial charge on any atom is -0.352 e. The standard InChI is InChI=1S/C19H32N2O2/c1-14(15-8-5-6-9-15)19(23)21-13-7-12-17(21)18(22)20-16-10-3-2-4-11-16/h14-17H,2-13H2,1H3,(H,20,22)/t14?,17-/m0/s1. The van der Waals surface area contributed by atoms with Crippen molar-refractivity contribution in [1.29, 1.82) is 0 Å². The van der Waals surface area contributed by atoms with Crippen molar-refractivity contribution < 1.29 is 9.59 Å². The van der Waals surface area contributed by atoms with E-state index >= 15 is 0 Å². The van der Waals surface area contributed by atoms with E-state index in [-0.39, 0.29) is 23.8 Å². The minimum atomic E-state index is -0.215. The van der Waals surface area contributed by atoms with Gasteiger partial charge in [-0.05, 0) is 44.4 Å². The molecule has 0 aromatic rings. The second-order valence-electron chi connectivity index (χ2n) is 7.87. The lowest BCUT2D eigenvalue weighted by atomic mass is 9.91. The number of carbonyl (C=O) groups is 2. The minimum absolute atomic E-state index is 0.0839. The maximum absolute atomic E-state index is 12.9. The average molecular weight is 320 g/mol. The third kappa shape index (κ3) is 3.89. The van der Waals surface area contributed by atoms with Crippen LogP contribution in [0.2, 0.25) is 0 Å². The van der Waals surface area contributed by atoms with Gasteiger partial charge in [0.25, 0.3) is 0 Å². The molecule has 2 aliphatic carbocycles. The molecule has 1 aliphatic heterocycles. The Morgan fingerprint density at radius 3 is 2.26 bits per heavy atom. The van der Waals surface area contributed by atoms with Crippen LogP contribution in [0.5, 0.6) is 0 Å². The molecule has 130 valence electrons. The van der Waals surface area contributed by atoms with Gasteiger partial charge in [0, 0.05) is 18.5 Å². The zero-order chi connectivity index (χ0) is 16.2. The summed E-state index contributed by atoms with van der Waals surface area (Å²) in [7, 11) is 0. The molecule has 0 radical (unpaired) electrons. The molecule has 0 bridgehead atoms. The molecule has 3 aliphatic rings. The highest BCUT2D eigenvalue weighted by molar-refractivity contribution is 5.89. The molecule has 3 rings (SSSR count). The Kier molecular flexibility index (Phi) is 5.60. The first-order valence-electron chi connectivity index (χ1n) is 9.77. The molecule has 1 heterocycles. The molecule has 23 heavy (non-hydrogen) atoms. The summed E-state index contributed by atoms with van der Waals surface area (Å²) in [6, 6.07) is 0.120. The smallest absolute Gasteiger partial charge is 0.243 e. The number of nitrogens with one attached hydrogen (secondary N) is 1. The second-order valence-corrected chi connectivity index (χ2v) is 7.87. The zero-order valence-corrected chi connectivity index (χ0v) is 14.6. The zero-order valence-electron chi connectivity index (χ0n) is 14.6. The van der Waals surface area contributed by atoms with Gasteiger partial charge in [-0.25, -0.2) is 0 Å². The van der Waals surface area contributed by atoms with Crippen LogP contribution in [-0.4, -0.2) is 35.3 Å². The van der Waals surface area contributed by atoms with Crippen molar-refractivity contribution in [2.75, 3.05) is 6.54 Å². The number of carbonyl (C=O) groups excluding carboxylic acids is 2. The summed E-state index contributed by atoms with van der Waals surface area (Å²) in [6.45, 7) is 2.84. The molecule has 0 aromatic carbocycles. The Bertz CT molecular complexity index is 425. The molecule has 0 spiro atoms. The Balaban J connectivity index is 1.57. The highest BCUT2D eigenvalue weighted by Crippen LogP contribution is 2.33. The number of hydrogen-bond acceptors (Lipinski definition) is 2. The van der Waals surface area contributed by atoms with Crippen LogP contribution in [0.25, 0.3) is 0 Å². The quantitative estimate of drug-likeness (QED) is 0.864. The third-order valence-corrected chi connectivity index (χ3v) is 6.29. The van der Waals surface area contributed by atoms with Gasteiger partial charge in [-0.2, -0.15) is 0 Å². The molecular formula is C19H32N2O2. The number of likely N-dealkylation sites (tertiary alicyclic amines) is 1. The third-order valence-electron chi connectivity index (χ3n) is 6.29. The van der Waals surface area contributed by atoms with Crippen LogP contribution >= 0.6 is 0 Å². The molecule has 2 atom stereocenters. The molecule has 1 saturated heterocycles. The van der Waals surface area contributed by atoms with E-state index in [1.54, 1.807) is 0 Å². The largest absolute Gasteiger partial charge is 0.352 e. The van der Waals surface area contributed by atoms with Crippen LogP contribution in [0.15, 0.2) is 0 Å². The SMILES string of the molecule is CC(C(=O)N1CCC[C@H]1C(=O)NC1CCCCC1)C1CCCC1. The summed E-state index contributed by atoms with van der Waals surface area (Å²) in [6.07, 6.45) is 12.6. The fourth-order valence-electron chi connectivity index (χ4n) is 4.77. The monoisotopic (exact) mass is 320 g/mol. The molecule has 3 fully saturated rings. The van der Waals surface area contributed by atoms with E-state index in [0.29, 0.717) is 12.0 Å². The van der Waals surface area contributed by atoms with Gasteiger partial charge in [-0.1, -0.05) is 39.0 Å². The van der Waals surface area contributed by atoms with Crippen LogP contribution in [-0.2, 0) is 9.59 Å². The molecule has 4 nitrogen and oxygen atoms in total. The van der Waals surface area contributed by atoms with Crippen molar-refractivity contribution in [3.05, 3.63) is 0 Å². The van der Waals surface area contributed by atoms with Crippen molar-refractivity contribution in [2.24, 2.45) is 11.8 Å². The molecule has 2 amide bonds. The number of nitrogens with zero attached hydrogens (tertiary/aromatic N) is 1. The van der Waals surface area contributed by atoms with Gasteiger partial charge in [0.15, 0.2) is 0 Å². The van der Waals surface area contributed by atoms with Crippen molar-refractivity contribution in [3.63, 3.8) is 0 Å². The molecular weight excluding hydrogens is 288 g/mol. The molecule has 1 unspecified atom stereocenters. The van der Waals surface area contributed by atoms with Gasteiger partial charge in [-0.3, -0.25) is 9.59 Å². The van der Waals surface area contributed by atoms with Gasteiger partial charge in [0.1, 0.15) is 6.04 Å². The summed E-state index contributed by atoms with van der Waals surface area (Å²) >= 11 is 0. The van der Waals surface area contributed by atoms with Crippen LogP contribution in [0.1, 0.15) is 77.6 Å². The summed E-state index contributed by atoms with van der Waals surface area (Å²) in [4.78, 5) is 27.4. The second kappa shape index (κ2) is 7.67. The molecule has 4 heteroatoms. The summed E-state index contributed by atoms with van der Waals surface area (Å²) in [5, 5.41) is 3.22. The highest BCUT2D eigenvalue weighted by atomic mass is 16.2. The number of rotatable bonds is 4. The summed E-state index contributed by atoms with van der Waals surface area (Å²) in [5.41, 5.74) is 0. The van der Waals surface area contributed by atoms with Crippen molar-refractivity contribution in [1.82, 2.24) is 10.2 Å². The van der Waals surface area contributed by atoms with E-state index in [4.69, 9.17) is 0 Å². The van der Waals surface area contributed by atoms with Crippen molar-refractivity contribution >= 4 is 11.8 Å². The van der Waals surface area contributed by atoms with Gasteiger partial charge >= 0.3 is 0 Å². The van der Waals surface area contributed by atoms with Gasteiger partial charge in [0.05, 0.1) is 0 Å². The maximum Gasteiger partial charge on any atom is 0.243 e. The van der Waals surface area contributed by atoms with Gasteiger partial charge in [-0.15, -0.1) is 0 Å². The predicted octanol–water partition coefficient (Wildman–Crippen LogP) is 3.25. The Morgan fingerprint density at radius 1 is 0.913 bits per heavy atom. The van der Waals surface area contributed by atoms with E-state index in [9.17, 15) is 9.59 Å². The summed E-state index contributed by atoms with van der Waals surface area (Å²) in [5.74, 6) is 0.935. The molecule has 2 saturated carbocycles. The van der Waals surface area contributed by atoms with E-state index in [1.807, 2.05) is 4.90 Å². The van der Waals surface area contributed by atoms with Crippen LogP contribution in [0.3, 0.4) is 0 Å². The topological polar surface area (TPSA) is 49.4 Å². The van der Waals surface area contributed by atoms with E-state index < -0.39 is 0 Å². The van der Waals surface area contributed by atoms with Crippen LogP contribution < -0.4 is 5.32 Å². The van der Waals surface area contributed by atoms with E-state index in [0.717, 1.165) is 32.2 Å². The van der Waals surface area contributed by atoms with Crippen molar-refractivity contribution in [2.45, 2.75) is 89.6 Å². The van der Waals surface area contributed by atoms with Gasteiger partial charge < -0.3 is 10.2 Å². The predicted molar refractivity (Wildman–Crippen MR) is 90.9 cm³/mol. The number of amides is 2. The first kappa shape index (κ1) is 16.8. The average Bonchev–Trinajstić information content (AvgIpc) is 3.25. The fourth-order valence-corrected chi connectivity index (χ4v) is 4.77. The van der Waals surface area contributed by atoms with Crippen LogP contribution in [0, 0.1) is 11.8 Å². The Morgan fingerprint density at radius 2 is 1.57 bits per heavy atom. The number of hydrogen-bond donors (Lipinski definition) is 1. The normalized spacial score (nSPS) is 28.0. The van der Waals surface area contributed by atoms with Crippen molar-refractivity contribution in [3.8, 4) is 0 Å². The summed E-state index contributed by atoms with van der Waals surface area (Å²) < 4.78 is 0. The first-order chi connectivity index (χ1) is 11.2. The van der Waals surface area contributed by atoms with Gasteiger partial charge in [0.2, 0.25) is 11.8 Å². The Labute approximate surface area is 140 Å². The van der Waals surface area contributed by atoms with E-state index in [1.165, 1.54) is 44.9 Å². The highest BCUT2D eigenvalue weighted by Gasteiger charge is 2.38. The van der Waals surface area contributed by atoms with Crippen LogP contribution in [0.4, 0.5) is 0 Å². The fraction of sp³-hybridized carbons (Fsp3) is 0.895. The maximum atomic E-state index is 12.9. The lowest BCUT2D eigenvalue weighted by Gasteiger charge is -2.31. The van der Waals surface area contributed by atoms with E-state index in [2.05, 4.69) is 12.2 Å². The molecule has 1 N–H and O–H groups in total. The lowest BCUT2D eigenvalue weighted by molar-refractivity contribution is -0.142. The lowest BCUT2D eigenvalue weighted by Crippen LogP contribution is -2.50. The molecule has 0 aromatic heterocycles.